The van der Waals surface area contributed by atoms with Crippen molar-refractivity contribution in [3.05, 3.63) is 52.8 Å². The van der Waals surface area contributed by atoms with E-state index in [9.17, 15) is 39.9 Å². The highest BCUT2D eigenvalue weighted by Gasteiger charge is 2.50. The fourth-order valence-corrected chi connectivity index (χ4v) is 9.47. The van der Waals surface area contributed by atoms with Gasteiger partial charge in [-0.05, 0) is 32.8 Å². The summed E-state index contributed by atoms with van der Waals surface area (Å²) in [6, 6.07) is 0.553. The topological polar surface area (TPSA) is 220 Å². The Labute approximate surface area is 368 Å². The number of benzene rings is 2. The quantitative estimate of drug-likeness (QED) is 0.0926. The normalized spacial score (nSPS) is 32.4. The van der Waals surface area contributed by atoms with E-state index in [1.807, 2.05) is 5.01 Å². The molecule has 1 saturated heterocycles. The van der Waals surface area contributed by atoms with E-state index in [1.165, 1.54) is 85.1 Å². The van der Waals surface area contributed by atoms with Crippen LogP contribution in [0.1, 0.15) is 95.6 Å². The second kappa shape index (κ2) is 19.3. The molecule has 5 bridgehead atoms. The van der Waals surface area contributed by atoms with Crippen LogP contribution in [-0.4, -0.2) is 129 Å². The Kier molecular flexibility index (Phi) is 14.5. The number of aromatic hydroxyl groups is 3. The van der Waals surface area contributed by atoms with Gasteiger partial charge in [0, 0.05) is 93.4 Å². The number of aliphatic hydroxyl groups is 2. The monoisotopic (exact) mass is 876 g/mol. The molecule has 0 spiro atoms. The van der Waals surface area contributed by atoms with Crippen LogP contribution in [0.25, 0.3) is 10.8 Å². The minimum Gasteiger partial charge on any atom is -0.507 e. The lowest BCUT2D eigenvalue weighted by Crippen LogP contribution is -2.47. The number of nitrogens with zero attached hydrogens (tertiary/aromatic N) is 3. The number of hydrazone groups is 1. The number of ether oxygens (including phenoxy) is 4. The van der Waals surface area contributed by atoms with Crippen molar-refractivity contribution in [2.75, 3.05) is 38.6 Å². The van der Waals surface area contributed by atoms with Gasteiger partial charge in [0.2, 0.25) is 0 Å². The first-order valence-electron chi connectivity index (χ1n) is 21.9. The second-order valence-electron chi connectivity index (χ2n) is 17.8. The number of piperazine rings is 1. The number of esters is 1. The van der Waals surface area contributed by atoms with Crippen LogP contribution < -0.4 is 10.1 Å². The molecular formula is C47H64N4O12. The molecule has 2 aromatic carbocycles. The number of amides is 1. The number of carbonyl (C=O) groups is 3. The molecule has 1 saturated carbocycles. The highest BCUT2D eigenvalue weighted by molar-refractivity contribution is 6.23. The number of phenolic OH excluding ortho intramolecular Hbond substituents is 3. The van der Waals surface area contributed by atoms with Crippen molar-refractivity contribution in [2.45, 2.75) is 117 Å². The number of hydrogen-bond donors (Lipinski definition) is 6. The molecule has 7 rings (SSSR count). The molecule has 63 heavy (non-hydrogen) atoms. The van der Waals surface area contributed by atoms with E-state index in [2.05, 4.69) is 15.3 Å². The van der Waals surface area contributed by atoms with Gasteiger partial charge in [-0.3, -0.25) is 24.3 Å². The summed E-state index contributed by atoms with van der Waals surface area (Å²) in [6.45, 7) is 15.4. The minimum atomic E-state index is -2.04. The standard InChI is InChI=1S/C47H64N4O12/c1-24-13-12-14-25(2)46(59)49-37-32(23-48-51-20-18-50(19-21-51)31-15-10-11-16-31)41(56)34-35(42(37)57)40(55)29(6)44-36(34)45(58)47(8,63-44)61-22-17-33(60-9)26(3)43(62-30(7)52)28(5)39(54)27(4)38(24)53/h12-14,17,22-24,26-28,31,33,38-39,43,53-57H,10-11,15-16,18-21H2,1-9H3,(H,49,59)/b13-12+,22-17+,25-14+,48-23+. The number of anilines is 1. The fourth-order valence-electron chi connectivity index (χ4n) is 9.47. The molecule has 16 heteroatoms. The number of carbonyl (C=O) groups excluding carboxylic acids is 3. The molecule has 344 valence electrons. The van der Waals surface area contributed by atoms with Crippen LogP contribution >= 0.6 is 0 Å². The van der Waals surface area contributed by atoms with Crippen molar-refractivity contribution in [3.8, 4) is 23.0 Å². The molecule has 6 N–H and O–H groups in total. The number of fused-ring (bicyclic) bond motifs is 14. The number of rotatable bonds is 5. The summed E-state index contributed by atoms with van der Waals surface area (Å²) in [7, 11) is 1.44. The third-order valence-electron chi connectivity index (χ3n) is 13.5. The highest BCUT2D eigenvalue weighted by atomic mass is 16.7. The van der Waals surface area contributed by atoms with E-state index in [-0.39, 0.29) is 44.5 Å². The molecule has 2 fully saturated rings. The first-order chi connectivity index (χ1) is 29.8. The summed E-state index contributed by atoms with van der Waals surface area (Å²) in [5.41, 5.74) is -0.293. The van der Waals surface area contributed by atoms with Gasteiger partial charge < -0.3 is 49.8 Å². The highest BCUT2D eigenvalue weighted by Crippen LogP contribution is 2.55. The molecule has 2 aromatic rings. The summed E-state index contributed by atoms with van der Waals surface area (Å²) in [5, 5.41) is 67.6. The molecule has 9 atom stereocenters. The van der Waals surface area contributed by atoms with Crippen molar-refractivity contribution in [2.24, 2.45) is 28.8 Å². The van der Waals surface area contributed by atoms with Crippen LogP contribution in [0.2, 0.25) is 0 Å². The van der Waals surface area contributed by atoms with Gasteiger partial charge in [0.25, 0.3) is 11.7 Å². The molecule has 4 heterocycles. The zero-order valence-corrected chi connectivity index (χ0v) is 37.8. The number of allylic oxidation sites excluding steroid dienone is 2. The van der Waals surface area contributed by atoms with Crippen LogP contribution in [0.15, 0.2) is 41.2 Å². The van der Waals surface area contributed by atoms with Gasteiger partial charge in [0.15, 0.2) is 5.75 Å². The molecule has 0 radical (unpaired) electrons. The number of hydrogen-bond acceptors (Lipinski definition) is 15. The Bertz CT molecular complexity index is 2190. The average Bonchev–Trinajstić information content (AvgIpc) is 3.89. The molecule has 1 amide bonds. The Balaban J connectivity index is 1.47. The number of methoxy groups -OCH3 is 1. The molecule has 5 aliphatic rings. The Morgan fingerprint density at radius 3 is 2.22 bits per heavy atom. The van der Waals surface area contributed by atoms with Crippen LogP contribution in [0.5, 0.6) is 23.0 Å². The van der Waals surface area contributed by atoms with Crippen molar-refractivity contribution in [1.82, 2.24) is 9.91 Å². The predicted octanol–water partition coefficient (Wildman–Crippen LogP) is 5.65. The first-order valence-corrected chi connectivity index (χ1v) is 21.9. The van der Waals surface area contributed by atoms with E-state index in [0.717, 1.165) is 13.1 Å². The Morgan fingerprint density at radius 2 is 1.59 bits per heavy atom. The van der Waals surface area contributed by atoms with Gasteiger partial charge in [-0.25, -0.2) is 0 Å². The minimum absolute atomic E-state index is 0.0631. The summed E-state index contributed by atoms with van der Waals surface area (Å²) < 4.78 is 23.7. The Morgan fingerprint density at radius 1 is 0.921 bits per heavy atom. The van der Waals surface area contributed by atoms with E-state index in [0.29, 0.717) is 19.1 Å². The van der Waals surface area contributed by atoms with E-state index < -0.39 is 88.8 Å². The lowest BCUT2D eigenvalue weighted by Gasteiger charge is -2.38. The predicted molar refractivity (Wildman–Crippen MR) is 237 cm³/mol. The maximum atomic E-state index is 14.5. The maximum Gasteiger partial charge on any atom is 0.312 e. The van der Waals surface area contributed by atoms with Gasteiger partial charge in [0.05, 0.1) is 53.0 Å². The van der Waals surface area contributed by atoms with Crippen LogP contribution in [0, 0.1) is 30.6 Å². The SMILES string of the molecule is COC1/C=C/OC2(C)Oc3c(C)c(O)c4c(O)c(c(/C=N/N5CCN(C6CCCC6)CC5)c(O)c4c3C2=O)NC(=O)/C(C)=C/C=C/C(C)C(O)C(C)C(O)C(C)C(OC(C)=O)C1C. The molecule has 0 aromatic heterocycles. The fraction of sp³-hybridized carbons (Fsp3) is 0.574. The number of ketones is 1. The number of aliphatic hydroxyl groups excluding tert-OH is 2. The lowest BCUT2D eigenvalue weighted by atomic mass is 9.78. The zero-order valence-electron chi connectivity index (χ0n) is 37.8. The largest absolute Gasteiger partial charge is 0.507 e. The summed E-state index contributed by atoms with van der Waals surface area (Å²) in [4.78, 5) is 43.2. The molecule has 9 unspecified atom stereocenters. The zero-order chi connectivity index (χ0) is 46.1. The molecule has 4 aliphatic heterocycles. The smallest absolute Gasteiger partial charge is 0.312 e. The number of phenols is 3. The Hall–Kier alpha value is -5.16. The van der Waals surface area contributed by atoms with E-state index >= 15 is 0 Å². The lowest BCUT2D eigenvalue weighted by molar-refractivity contribution is -0.160. The van der Waals surface area contributed by atoms with Crippen LogP contribution in [-0.2, 0) is 23.8 Å². The summed E-state index contributed by atoms with van der Waals surface area (Å²) in [5.74, 6) is -8.28. The van der Waals surface area contributed by atoms with Crippen molar-refractivity contribution < 1.29 is 58.9 Å². The molecule has 16 nitrogen and oxygen atoms in total. The van der Waals surface area contributed by atoms with Gasteiger partial charge in [0.1, 0.15) is 23.4 Å². The third kappa shape index (κ3) is 9.40. The molecular weight excluding hydrogens is 813 g/mol. The van der Waals surface area contributed by atoms with Gasteiger partial charge >= 0.3 is 11.8 Å². The van der Waals surface area contributed by atoms with E-state index in [4.69, 9.17) is 18.9 Å². The van der Waals surface area contributed by atoms with Crippen molar-refractivity contribution in [3.63, 3.8) is 0 Å². The summed E-state index contributed by atoms with van der Waals surface area (Å²) >= 11 is 0. The van der Waals surface area contributed by atoms with Gasteiger partial charge in [-0.1, -0.05) is 58.8 Å². The van der Waals surface area contributed by atoms with Crippen LogP contribution in [0.4, 0.5) is 5.69 Å². The van der Waals surface area contributed by atoms with Crippen LogP contribution in [0.3, 0.4) is 0 Å². The first kappa shape index (κ1) is 47.3. The maximum absolute atomic E-state index is 14.5. The number of nitrogens with one attached hydrogen (secondary N) is 1. The summed E-state index contributed by atoms with van der Waals surface area (Å²) in [6.07, 6.45) is 9.75. The second-order valence-corrected chi connectivity index (χ2v) is 17.8. The third-order valence-corrected chi connectivity index (χ3v) is 13.5. The molecule has 1 aliphatic carbocycles. The average molecular weight is 877 g/mol. The van der Waals surface area contributed by atoms with Crippen molar-refractivity contribution >= 4 is 40.3 Å². The van der Waals surface area contributed by atoms with Crippen molar-refractivity contribution in [1.29, 1.82) is 0 Å². The number of Topliss-reactive ketones (excluding diaryl/α,β-unsaturated/α-hetero) is 1. The van der Waals surface area contributed by atoms with Gasteiger partial charge in [-0.15, -0.1) is 0 Å². The van der Waals surface area contributed by atoms with Gasteiger partial charge in [-0.2, -0.15) is 5.10 Å². The van der Waals surface area contributed by atoms with E-state index in [1.54, 1.807) is 39.8 Å².